The highest BCUT2D eigenvalue weighted by molar-refractivity contribution is 9.10. The minimum absolute atomic E-state index is 0.0694. The van der Waals surface area contributed by atoms with Crippen LogP contribution in [0.3, 0.4) is 0 Å². The summed E-state index contributed by atoms with van der Waals surface area (Å²) in [6.07, 6.45) is -4.70. The lowest BCUT2D eigenvalue weighted by Gasteiger charge is -2.09. The molecule has 0 fully saturated rings. The number of halogens is 4. The summed E-state index contributed by atoms with van der Waals surface area (Å²) in [5, 5.41) is 9.46. The fraction of sp³-hybridized carbons (Fsp3) is 0.0769. The molecule has 2 aromatic rings. The molecule has 0 amide bonds. The van der Waals surface area contributed by atoms with Crippen LogP contribution in [0, 0.1) is 0 Å². The van der Waals surface area contributed by atoms with Crippen LogP contribution in [0.15, 0.2) is 46.9 Å². The van der Waals surface area contributed by atoms with Crippen molar-refractivity contribution in [3.05, 3.63) is 46.9 Å². The molecule has 0 aliphatic heterocycles. The van der Waals surface area contributed by atoms with E-state index in [2.05, 4.69) is 20.7 Å². The van der Waals surface area contributed by atoms with Gasteiger partial charge in [0.25, 0.3) is 0 Å². The summed E-state index contributed by atoms with van der Waals surface area (Å²) in [7, 11) is 0. The Morgan fingerprint density at radius 1 is 0.947 bits per heavy atom. The van der Waals surface area contributed by atoms with Crippen LogP contribution in [0.5, 0.6) is 11.5 Å². The van der Waals surface area contributed by atoms with E-state index in [-0.39, 0.29) is 11.5 Å². The highest BCUT2D eigenvalue weighted by Crippen LogP contribution is 2.30. The molecule has 0 unspecified atom stereocenters. The van der Waals surface area contributed by atoms with Crippen LogP contribution in [0.4, 0.5) is 13.2 Å². The van der Waals surface area contributed by atoms with E-state index in [9.17, 15) is 18.3 Å². The van der Waals surface area contributed by atoms with Crippen molar-refractivity contribution in [1.82, 2.24) is 0 Å². The average Bonchev–Trinajstić information content (AvgIpc) is 2.26. The van der Waals surface area contributed by atoms with Crippen molar-refractivity contribution in [2.24, 2.45) is 0 Å². The van der Waals surface area contributed by atoms with Gasteiger partial charge < -0.3 is 9.84 Å². The van der Waals surface area contributed by atoms with E-state index in [0.717, 1.165) is 0 Å². The zero-order chi connectivity index (χ0) is 14.0. The maximum Gasteiger partial charge on any atom is 0.573 e. The number of ether oxygens (including phenoxy) is 1. The number of alkyl halides is 3. The number of phenols is 1. The van der Waals surface area contributed by atoms with Gasteiger partial charge in [0.05, 0.1) is 0 Å². The largest absolute Gasteiger partial charge is 0.573 e. The van der Waals surface area contributed by atoms with Crippen LogP contribution in [-0.2, 0) is 0 Å². The van der Waals surface area contributed by atoms with Gasteiger partial charge in [0.15, 0.2) is 0 Å². The van der Waals surface area contributed by atoms with E-state index in [1.165, 1.54) is 36.4 Å². The molecule has 1 N–H and O–H groups in total. The van der Waals surface area contributed by atoms with E-state index >= 15 is 0 Å². The smallest absolute Gasteiger partial charge is 0.508 e. The molecule has 0 spiro atoms. The van der Waals surface area contributed by atoms with Gasteiger partial charge in [0.2, 0.25) is 0 Å². The Balaban J connectivity index is 2.27. The van der Waals surface area contributed by atoms with Crippen molar-refractivity contribution in [2.45, 2.75) is 6.36 Å². The van der Waals surface area contributed by atoms with Gasteiger partial charge in [-0.15, -0.1) is 13.2 Å². The molecular weight excluding hydrogens is 325 g/mol. The first-order valence-corrected chi connectivity index (χ1v) is 5.98. The summed E-state index contributed by atoms with van der Waals surface area (Å²) in [5.41, 5.74) is 1.36. The molecule has 0 bridgehead atoms. The molecule has 0 heterocycles. The SMILES string of the molecule is Oc1cc(Br)cc(-c2ccc(OC(F)(F)F)cc2)c1. The van der Waals surface area contributed by atoms with Crippen LogP contribution < -0.4 is 4.74 Å². The Labute approximate surface area is 115 Å². The van der Waals surface area contributed by atoms with Crippen molar-refractivity contribution in [1.29, 1.82) is 0 Å². The summed E-state index contributed by atoms with van der Waals surface area (Å²) in [4.78, 5) is 0. The van der Waals surface area contributed by atoms with Crippen LogP contribution in [0.2, 0.25) is 0 Å². The van der Waals surface area contributed by atoms with E-state index in [1.54, 1.807) is 6.07 Å². The van der Waals surface area contributed by atoms with E-state index in [1.807, 2.05) is 0 Å². The molecule has 0 atom stereocenters. The quantitative estimate of drug-likeness (QED) is 0.862. The summed E-state index contributed by atoms with van der Waals surface area (Å²) in [5.74, 6) is -0.213. The van der Waals surface area contributed by atoms with E-state index in [4.69, 9.17) is 0 Å². The molecule has 0 radical (unpaired) electrons. The number of rotatable bonds is 2. The number of phenolic OH excluding ortho intramolecular Hbond substituents is 1. The molecule has 6 heteroatoms. The summed E-state index contributed by atoms with van der Waals surface area (Å²) in [6, 6.07) is 10.2. The van der Waals surface area contributed by atoms with Crippen molar-refractivity contribution >= 4 is 15.9 Å². The normalized spacial score (nSPS) is 11.4. The molecular formula is C13H8BrF3O2. The first-order chi connectivity index (χ1) is 8.83. The van der Waals surface area contributed by atoms with Gasteiger partial charge in [-0.25, -0.2) is 0 Å². The number of benzene rings is 2. The predicted molar refractivity (Wildman–Crippen MR) is 67.9 cm³/mol. The summed E-state index contributed by atoms with van der Waals surface area (Å²) in [6.45, 7) is 0. The molecule has 0 aliphatic carbocycles. The van der Waals surface area contributed by atoms with Crippen molar-refractivity contribution < 1.29 is 23.0 Å². The van der Waals surface area contributed by atoms with Gasteiger partial charge >= 0.3 is 6.36 Å². The monoisotopic (exact) mass is 332 g/mol. The highest BCUT2D eigenvalue weighted by Gasteiger charge is 2.30. The molecule has 0 saturated heterocycles. The molecule has 100 valence electrons. The maximum absolute atomic E-state index is 12.0. The lowest BCUT2D eigenvalue weighted by molar-refractivity contribution is -0.274. The topological polar surface area (TPSA) is 29.5 Å². The fourth-order valence-corrected chi connectivity index (χ4v) is 2.07. The predicted octanol–water partition coefficient (Wildman–Crippen LogP) is 4.72. The lowest BCUT2D eigenvalue weighted by Crippen LogP contribution is -2.16. The van der Waals surface area contributed by atoms with Crippen LogP contribution >= 0.6 is 15.9 Å². The second-order valence-electron chi connectivity index (χ2n) is 3.77. The standard InChI is InChI=1S/C13H8BrF3O2/c14-10-5-9(6-11(18)7-10)8-1-3-12(4-2-8)19-13(15,16)17/h1-7,18H. The minimum atomic E-state index is -4.70. The lowest BCUT2D eigenvalue weighted by atomic mass is 10.1. The second kappa shape index (κ2) is 5.13. The van der Waals surface area contributed by atoms with Crippen LogP contribution in [0.25, 0.3) is 11.1 Å². The Bertz CT molecular complexity index is 559. The fourth-order valence-electron chi connectivity index (χ4n) is 1.59. The van der Waals surface area contributed by atoms with Crippen LogP contribution in [-0.4, -0.2) is 11.5 Å². The third-order valence-electron chi connectivity index (χ3n) is 2.30. The first kappa shape index (κ1) is 13.7. The molecule has 19 heavy (non-hydrogen) atoms. The van der Waals surface area contributed by atoms with Gasteiger partial charge in [-0.1, -0.05) is 28.1 Å². The van der Waals surface area contributed by atoms with Crippen molar-refractivity contribution in [3.8, 4) is 22.6 Å². The summed E-state index contributed by atoms with van der Waals surface area (Å²) >= 11 is 3.23. The third kappa shape index (κ3) is 3.89. The van der Waals surface area contributed by atoms with Gasteiger partial charge in [-0.05, 0) is 41.5 Å². The summed E-state index contributed by atoms with van der Waals surface area (Å²) < 4.78 is 40.5. The molecule has 0 aliphatic rings. The first-order valence-electron chi connectivity index (χ1n) is 5.19. The Kier molecular flexibility index (Phi) is 3.71. The van der Waals surface area contributed by atoms with Gasteiger partial charge in [0.1, 0.15) is 11.5 Å². The average molecular weight is 333 g/mol. The molecule has 0 aromatic heterocycles. The molecule has 2 nitrogen and oxygen atoms in total. The minimum Gasteiger partial charge on any atom is -0.508 e. The highest BCUT2D eigenvalue weighted by atomic mass is 79.9. The Morgan fingerprint density at radius 2 is 1.58 bits per heavy atom. The van der Waals surface area contributed by atoms with Gasteiger partial charge in [-0.2, -0.15) is 0 Å². The van der Waals surface area contributed by atoms with Crippen molar-refractivity contribution in [2.75, 3.05) is 0 Å². The molecule has 0 saturated carbocycles. The Morgan fingerprint density at radius 3 is 2.11 bits per heavy atom. The second-order valence-corrected chi connectivity index (χ2v) is 4.69. The zero-order valence-corrected chi connectivity index (χ0v) is 11.0. The number of hydrogen-bond donors (Lipinski definition) is 1. The van der Waals surface area contributed by atoms with Crippen molar-refractivity contribution in [3.63, 3.8) is 0 Å². The zero-order valence-electron chi connectivity index (χ0n) is 9.41. The van der Waals surface area contributed by atoms with E-state index in [0.29, 0.717) is 15.6 Å². The van der Waals surface area contributed by atoms with Crippen LogP contribution in [0.1, 0.15) is 0 Å². The van der Waals surface area contributed by atoms with Gasteiger partial charge in [-0.3, -0.25) is 0 Å². The Hall–Kier alpha value is -1.69. The number of aromatic hydroxyl groups is 1. The van der Waals surface area contributed by atoms with Gasteiger partial charge in [0, 0.05) is 4.47 Å². The van der Waals surface area contributed by atoms with E-state index < -0.39 is 6.36 Å². The maximum atomic E-state index is 12.0. The third-order valence-corrected chi connectivity index (χ3v) is 2.76. The molecule has 2 aromatic carbocycles. The molecule has 2 rings (SSSR count). The number of hydrogen-bond acceptors (Lipinski definition) is 2.